The molecule has 1 aromatic rings. The number of carboxylic acids is 1. The molecule has 0 fully saturated rings. The first-order chi connectivity index (χ1) is 9.85. The number of nitrogens with one attached hydrogen (secondary N) is 1. The van der Waals surface area contributed by atoms with Crippen LogP contribution in [0.1, 0.15) is 37.3 Å². The highest BCUT2D eigenvalue weighted by molar-refractivity contribution is 5.92. The first-order valence-electron chi connectivity index (χ1n) is 7.18. The van der Waals surface area contributed by atoms with Crippen LogP contribution in [-0.4, -0.2) is 30.2 Å². The van der Waals surface area contributed by atoms with Crippen molar-refractivity contribution < 1.29 is 14.7 Å². The van der Waals surface area contributed by atoms with Gasteiger partial charge in [0.15, 0.2) is 0 Å². The summed E-state index contributed by atoms with van der Waals surface area (Å²) < 4.78 is 0. The van der Waals surface area contributed by atoms with E-state index < -0.39 is 5.97 Å². The fourth-order valence-corrected chi connectivity index (χ4v) is 2.35. The third-order valence-electron chi connectivity index (χ3n) is 3.40. The van der Waals surface area contributed by atoms with Gasteiger partial charge in [-0.25, -0.2) is 4.79 Å². The van der Waals surface area contributed by atoms with Crippen LogP contribution in [-0.2, 0) is 4.79 Å². The molecule has 5 heteroatoms. The molecule has 0 spiro atoms. The maximum Gasteiger partial charge on any atom is 0.321 e. The first-order valence-corrected chi connectivity index (χ1v) is 7.18. The predicted octanol–water partition coefficient (Wildman–Crippen LogP) is 3.09. The Morgan fingerprint density at radius 3 is 2.52 bits per heavy atom. The van der Waals surface area contributed by atoms with Gasteiger partial charge in [0.25, 0.3) is 0 Å². The summed E-state index contributed by atoms with van der Waals surface area (Å²) in [5.41, 5.74) is 2.97. The molecule has 0 heterocycles. The maximum absolute atomic E-state index is 12.3. The van der Waals surface area contributed by atoms with E-state index in [1.165, 1.54) is 4.90 Å². The Morgan fingerprint density at radius 1 is 1.33 bits per heavy atom. The molecule has 2 N–H and O–H groups in total. The monoisotopic (exact) mass is 292 g/mol. The molecule has 1 aromatic carbocycles. The number of hydrogen-bond acceptors (Lipinski definition) is 2. The topological polar surface area (TPSA) is 69.6 Å². The fourth-order valence-electron chi connectivity index (χ4n) is 2.35. The minimum Gasteiger partial charge on any atom is -0.481 e. The first kappa shape index (κ1) is 17.0. The molecular formula is C16H24N2O3. The van der Waals surface area contributed by atoms with E-state index in [0.717, 1.165) is 23.2 Å². The van der Waals surface area contributed by atoms with Crippen molar-refractivity contribution in [2.45, 2.75) is 46.1 Å². The van der Waals surface area contributed by atoms with Crippen molar-refractivity contribution >= 4 is 17.7 Å². The van der Waals surface area contributed by atoms with Crippen LogP contribution in [0, 0.1) is 13.8 Å². The van der Waals surface area contributed by atoms with E-state index in [4.69, 9.17) is 5.11 Å². The van der Waals surface area contributed by atoms with Gasteiger partial charge >= 0.3 is 12.0 Å². The second-order valence-corrected chi connectivity index (χ2v) is 5.38. The van der Waals surface area contributed by atoms with Crippen LogP contribution in [0.25, 0.3) is 0 Å². The van der Waals surface area contributed by atoms with Crippen LogP contribution in [0.2, 0.25) is 0 Å². The van der Waals surface area contributed by atoms with E-state index in [1.807, 2.05) is 39.0 Å². The Morgan fingerprint density at radius 2 is 2.00 bits per heavy atom. The van der Waals surface area contributed by atoms with Gasteiger partial charge in [-0.1, -0.05) is 31.0 Å². The highest BCUT2D eigenvalue weighted by atomic mass is 16.4. The summed E-state index contributed by atoms with van der Waals surface area (Å²) in [4.78, 5) is 24.6. The molecule has 0 aliphatic heterocycles. The average Bonchev–Trinajstić information content (AvgIpc) is 2.37. The molecule has 0 bridgehead atoms. The third kappa shape index (κ3) is 5.10. The van der Waals surface area contributed by atoms with E-state index >= 15 is 0 Å². The number of aliphatic carboxylic acids is 1. The molecule has 2 amide bonds. The number of hydrogen-bond donors (Lipinski definition) is 2. The van der Waals surface area contributed by atoms with Crippen LogP contribution in [0.3, 0.4) is 0 Å². The second kappa shape index (κ2) is 7.67. The Labute approximate surface area is 126 Å². The number of carboxylic acid groups (broad SMARTS) is 1. The number of aryl methyl sites for hydroxylation is 2. The van der Waals surface area contributed by atoms with Gasteiger partial charge in [-0.15, -0.1) is 0 Å². The summed E-state index contributed by atoms with van der Waals surface area (Å²) in [6, 6.07) is 5.25. The lowest BCUT2D eigenvalue weighted by atomic mass is 10.1. The summed E-state index contributed by atoms with van der Waals surface area (Å²) >= 11 is 0. The number of rotatable bonds is 6. The summed E-state index contributed by atoms with van der Waals surface area (Å²) in [6.45, 7) is 5.92. The molecule has 1 atom stereocenters. The zero-order valence-corrected chi connectivity index (χ0v) is 13.1. The number of anilines is 1. The molecule has 5 nitrogen and oxygen atoms in total. The molecule has 0 aromatic heterocycles. The molecule has 0 aliphatic carbocycles. The normalized spacial score (nSPS) is 11.8. The van der Waals surface area contributed by atoms with Crippen molar-refractivity contribution in [2.24, 2.45) is 0 Å². The number of carbonyl (C=O) groups is 2. The van der Waals surface area contributed by atoms with Crippen LogP contribution in [0.4, 0.5) is 10.5 Å². The van der Waals surface area contributed by atoms with E-state index in [1.54, 1.807) is 7.05 Å². The summed E-state index contributed by atoms with van der Waals surface area (Å²) in [7, 11) is 1.69. The van der Waals surface area contributed by atoms with Crippen molar-refractivity contribution in [3.05, 3.63) is 29.3 Å². The largest absolute Gasteiger partial charge is 0.481 e. The Kier molecular flexibility index (Phi) is 6.21. The van der Waals surface area contributed by atoms with Gasteiger partial charge in [0, 0.05) is 18.8 Å². The quantitative estimate of drug-likeness (QED) is 0.846. The van der Waals surface area contributed by atoms with Crippen LogP contribution < -0.4 is 10.2 Å². The molecule has 116 valence electrons. The zero-order valence-electron chi connectivity index (χ0n) is 13.1. The number of amides is 2. The van der Waals surface area contributed by atoms with Crippen molar-refractivity contribution in [3.8, 4) is 0 Å². The molecule has 1 unspecified atom stereocenters. The third-order valence-corrected chi connectivity index (χ3v) is 3.40. The fraction of sp³-hybridized carbons (Fsp3) is 0.500. The molecule has 21 heavy (non-hydrogen) atoms. The van der Waals surface area contributed by atoms with Crippen molar-refractivity contribution in [1.29, 1.82) is 0 Å². The Bertz CT molecular complexity index is 514. The summed E-state index contributed by atoms with van der Waals surface area (Å²) in [5, 5.41) is 11.7. The Hall–Kier alpha value is -2.04. The van der Waals surface area contributed by atoms with Crippen molar-refractivity contribution in [3.63, 3.8) is 0 Å². The minimum atomic E-state index is -0.900. The number of urea groups is 1. The second-order valence-electron chi connectivity index (χ2n) is 5.38. The zero-order chi connectivity index (χ0) is 16.0. The highest BCUT2D eigenvalue weighted by Crippen LogP contribution is 2.20. The number of benzene rings is 1. The lowest BCUT2D eigenvalue weighted by Crippen LogP contribution is -2.44. The molecule has 0 saturated carbocycles. The molecule has 0 radical (unpaired) electrons. The van der Waals surface area contributed by atoms with E-state index in [0.29, 0.717) is 6.42 Å². The van der Waals surface area contributed by atoms with Gasteiger partial charge in [-0.2, -0.15) is 0 Å². The van der Waals surface area contributed by atoms with Gasteiger partial charge in [-0.3, -0.25) is 9.69 Å². The summed E-state index contributed by atoms with van der Waals surface area (Å²) in [5.74, 6) is -0.900. The van der Waals surface area contributed by atoms with Crippen LogP contribution in [0.5, 0.6) is 0 Å². The minimum absolute atomic E-state index is 0.0553. The number of nitrogens with zero attached hydrogens (tertiary/aromatic N) is 1. The molecule has 0 aliphatic rings. The standard InChI is InChI=1S/C16H24N2O3/c1-5-6-13(10-15(19)20)17-16(21)18(4)14-8-7-11(2)9-12(14)3/h7-9,13H,5-6,10H2,1-4H3,(H,17,21)(H,19,20). The van der Waals surface area contributed by atoms with Crippen LogP contribution >= 0.6 is 0 Å². The molecule has 0 saturated heterocycles. The van der Waals surface area contributed by atoms with Crippen LogP contribution in [0.15, 0.2) is 18.2 Å². The lowest BCUT2D eigenvalue weighted by molar-refractivity contribution is -0.137. The predicted molar refractivity (Wildman–Crippen MR) is 83.8 cm³/mol. The van der Waals surface area contributed by atoms with Gasteiger partial charge in [0.1, 0.15) is 0 Å². The van der Waals surface area contributed by atoms with E-state index in [2.05, 4.69) is 5.32 Å². The van der Waals surface area contributed by atoms with E-state index in [9.17, 15) is 9.59 Å². The molecule has 1 rings (SSSR count). The highest BCUT2D eigenvalue weighted by Gasteiger charge is 2.19. The molecular weight excluding hydrogens is 268 g/mol. The van der Waals surface area contributed by atoms with Gasteiger partial charge < -0.3 is 10.4 Å². The number of carbonyl (C=O) groups excluding carboxylic acids is 1. The van der Waals surface area contributed by atoms with Crippen molar-refractivity contribution in [2.75, 3.05) is 11.9 Å². The van der Waals surface area contributed by atoms with Gasteiger partial charge in [0.05, 0.1) is 6.42 Å². The lowest BCUT2D eigenvalue weighted by Gasteiger charge is -2.24. The SMILES string of the molecule is CCCC(CC(=O)O)NC(=O)N(C)c1ccc(C)cc1C. The summed E-state index contributed by atoms with van der Waals surface area (Å²) in [6.07, 6.45) is 1.42. The smallest absolute Gasteiger partial charge is 0.321 e. The van der Waals surface area contributed by atoms with Crippen molar-refractivity contribution in [1.82, 2.24) is 5.32 Å². The average molecular weight is 292 g/mol. The maximum atomic E-state index is 12.3. The Balaban J connectivity index is 2.78. The van der Waals surface area contributed by atoms with Gasteiger partial charge in [-0.05, 0) is 31.9 Å². The van der Waals surface area contributed by atoms with Gasteiger partial charge in [0.2, 0.25) is 0 Å². The van der Waals surface area contributed by atoms with E-state index in [-0.39, 0.29) is 18.5 Å².